The number of rotatable bonds is 2. The van der Waals surface area contributed by atoms with Crippen molar-refractivity contribution in [2.24, 2.45) is 0 Å². The molecule has 0 N–H and O–H groups in total. The Balaban J connectivity index is 0.000000531. The van der Waals surface area contributed by atoms with E-state index >= 15 is 0 Å². The summed E-state index contributed by atoms with van der Waals surface area (Å²) < 4.78 is 10.3. The van der Waals surface area contributed by atoms with E-state index in [-0.39, 0.29) is 5.41 Å². The Morgan fingerprint density at radius 2 is 1.67 bits per heavy atom. The molecule has 0 atom stereocenters. The van der Waals surface area contributed by atoms with Crippen LogP contribution >= 0.6 is 0 Å². The molecule has 0 saturated carbocycles. The Morgan fingerprint density at radius 3 is 2.00 bits per heavy atom. The number of ether oxygens (including phenoxy) is 2. The molecule has 2 rings (SSSR count). The average Bonchev–Trinajstić information content (AvgIpc) is 2.29. The third-order valence-electron chi connectivity index (χ3n) is 2.63. The summed E-state index contributed by atoms with van der Waals surface area (Å²) >= 11 is 0. The largest absolute Gasteiger partial charge is 0.497 e. The molecular weight excluding hydrogens is 188 g/mol. The minimum Gasteiger partial charge on any atom is -0.497 e. The van der Waals surface area contributed by atoms with Gasteiger partial charge in [0, 0.05) is 5.41 Å². The van der Waals surface area contributed by atoms with Crippen LogP contribution in [-0.2, 0) is 10.2 Å². The summed E-state index contributed by atoms with van der Waals surface area (Å²) in [6.07, 6.45) is 0. The molecule has 0 spiro atoms. The van der Waals surface area contributed by atoms with Gasteiger partial charge in [-0.2, -0.15) is 0 Å². The SMILES string of the molecule is CC.COc1ccc(C2(C)COC2)cc1. The van der Waals surface area contributed by atoms with Crippen molar-refractivity contribution >= 4 is 0 Å². The first-order valence-corrected chi connectivity index (χ1v) is 5.47. The van der Waals surface area contributed by atoms with E-state index in [1.54, 1.807) is 7.11 Å². The van der Waals surface area contributed by atoms with Gasteiger partial charge < -0.3 is 9.47 Å². The number of methoxy groups -OCH3 is 1. The van der Waals surface area contributed by atoms with Crippen LogP contribution in [0.25, 0.3) is 0 Å². The van der Waals surface area contributed by atoms with Crippen molar-refractivity contribution in [2.75, 3.05) is 20.3 Å². The van der Waals surface area contributed by atoms with Crippen LogP contribution in [0.5, 0.6) is 5.75 Å². The summed E-state index contributed by atoms with van der Waals surface area (Å²) in [5.74, 6) is 0.910. The molecular formula is C13H20O2. The van der Waals surface area contributed by atoms with Crippen molar-refractivity contribution in [1.82, 2.24) is 0 Å². The molecule has 1 aromatic rings. The van der Waals surface area contributed by atoms with Gasteiger partial charge in [0.1, 0.15) is 5.75 Å². The van der Waals surface area contributed by atoms with Crippen molar-refractivity contribution < 1.29 is 9.47 Å². The predicted molar refractivity (Wildman–Crippen MR) is 62.5 cm³/mol. The molecule has 1 aromatic carbocycles. The Kier molecular flexibility index (Phi) is 4.15. The second-order valence-electron chi connectivity index (χ2n) is 3.78. The molecule has 0 radical (unpaired) electrons. The molecule has 1 saturated heterocycles. The van der Waals surface area contributed by atoms with Gasteiger partial charge in [0.25, 0.3) is 0 Å². The second-order valence-corrected chi connectivity index (χ2v) is 3.78. The molecule has 1 aliphatic heterocycles. The first-order valence-electron chi connectivity index (χ1n) is 5.47. The third kappa shape index (κ3) is 2.51. The molecule has 1 aliphatic rings. The molecule has 0 bridgehead atoms. The molecule has 2 heteroatoms. The van der Waals surface area contributed by atoms with E-state index in [4.69, 9.17) is 9.47 Å². The van der Waals surface area contributed by atoms with Crippen LogP contribution in [0.1, 0.15) is 26.3 Å². The van der Waals surface area contributed by atoms with Crippen molar-refractivity contribution in [2.45, 2.75) is 26.2 Å². The smallest absolute Gasteiger partial charge is 0.118 e. The highest BCUT2D eigenvalue weighted by molar-refractivity contribution is 5.33. The summed E-state index contributed by atoms with van der Waals surface area (Å²) in [5, 5.41) is 0. The van der Waals surface area contributed by atoms with E-state index in [9.17, 15) is 0 Å². The van der Waals surface area contributed by atoms with Crippen molar-refractivity contribution in [3.63, 3.8) is 0 Å². The van der Waals surface area contributed by atoms with E-state index in [0.29, 0.717) is 0 Å². The highest BCUT2D eigenvalue weighted by Crippen LogP contribution is 2.32. The van der Waals surface area contributed by atoms with Crippen LogP contribution < -0.4 is 4.74 Å². The fourth-order valence-electron chi connectivity index (χ4n) is 1.57. The topological polar surface area (TPSA) is 18.5 Å². The zero-order valence-electron chi connectivity index (χ0n) is 10.0. The molecule has 15 heavy (non-hydrogen) atoms. The minimum absolute atomic E-state index is 0.228. The second kappa shape index (κ2) is 5.17. The Bertz CT molecular complexity index is 286. The van der Waals surface area contributed by atoms with E-state index in [0.717, 1.165) is 19.0 Å². The quantitative estimate of drug-likeness (QED) is 0.743. The van der Waals surface area contributed by atoms with E-state index in [1.165, 1.54) is 5.56 Å². The van der Waals surface area contributed by atoms with E-state index in [1.807, 2.05) is 26.0 Å². The van der Waals surface area contributed by atoms with Gasteiger partial charge in [-0.25, -0.2) is 0 Å². The fourth-order valence-corrected chi connectivity index (χ4v) is 1.57. The summed E-state index contributed by atoms with van der Waals surface area (Å²) in [4.78, 5) is 0. The van der Waals surface area contributed by atoms with E-state index < -0.39 is 0 Å². The maximum Gasteiger partial charge on any atom is 0.118 e. The Labute approximate surface area is 92.2 Å². The summed E-state index contributed by atoms with van der Waals surface area (Å²) in [6.45, 7) is 7.89. The molecule has 0 unspecified atom stereocenters. The summed E-state index contributed by atoms with van der Waals surface area (Å²) in [7, 11) is 1.68. The molecule has 1 fully saturated rings. The lowest BCUT2D eigenvalue weighted by molar-refractivity contribution is -0.0500. The van der Waals surface area contributed by atoms with Crippen LogP contribution in [0.4, 0.5) is 0 Å². The minimum atomic E-state index is 0.228. The highest BCUT2D eigenvalue weighted by Gasteiger charge is 2.34. The lowest BCUT2D eigenvalue weighted by Crippen LogP contribution is -2.43. The highest BCUT2D eigenvalue weighted by atomic mass is 16.5. The van der Waals surface area contributed by atoms with Gasteiger partial charge in [-0.05, 0) is 17.7 Å². The van der Waals surface area contributed by atoms with Gasteiger partial charge in [-0.1, -0.05) is 32.9 Å². The Morgan fingerprint density at radius 1 is 1.13 bits per heavy atom. The first-order chi connectivity index (χ1) is 7.24. The first kappa shape index (κ1) is 12.1. The number of hydrogen-bond donors (Lipinski definition) is 0. The zero-order valence-corrected chi connectivity index (χ0v) is 10.0. The number of benzene rings is 1. The van der Waals surface area contributed by atoms with Crippen LogP contribution in [0.15, 0.2) is 24.3 Å². The van der Waals surface area contributed by atoms with Gasteiger partial charge in [-0.3, -0.25) is 0 Å². The van der Waals surface area contributed by atoms with Crippen molar-refractivity contribution in [1.29, 1.82) is 0 Å². The summed E-state index contributed by atoms with van der Waals surface area (Å²) in [5.41, 5.74) is 1.56. The normalized spacial score (nSPS) is 17.1. The van der Waals surface area contributed by atoms with Gasteiger partial charge in [0.05, 0.1) is 20.3 Å². The van der Waals surface area contributed by atoms with Crippen LogP contribution in [0.3, 0.4) is 0 Å². The fraction of sp³-hybridized carbons (Fsp3) is 0.538. The average molecular weight is 208 g/mol. The van der Waals surface area contributed by atoms with Gasteiger partial charge in [-0.15, -0.1) is 0 Å². The van der Waals surface area contributed by atoms with Crippen molar-refractivity contribution in [3.8, 4) is 5.75 Å². The van der Waals surface area contributed by atoms with Crippen LogP contribution in [0, 0.1) is 0 Å². The van der Waals surface area contributed by atoms with Gasteiger partial charge in [0.2, 0.25) is 0 Å². The van der Waals surface area contributed by atoms with Crippen LogP contribution in [0.2, 0.25) is 0 Å². The molecule has 2 nitrogen and oxygen atoms in total. The maximum atomic E-state index is 5.22. The van der Waals surface area contributed by atoms with Gasteiger partial charge in [0.15, 0.2) is 0 Å². The van der Waals surface area contributed by atoms with Crippen LogP contribution in [-0.4, -0.2) is 20.3 Å². The maximum absolute atomic E-state index is 5.22. The Hall–Kier alpha value is -1.02. The third-order valence-corrected chi connectivity index (χ3v) is 2.63. The molecule has 1 heterocycles. The zero-order chi connectivity index (χ0) is 11.3. The monoisotopic (exact) mass is 208 g/mol. The van der Waals surface area contributed by atoms with Crippen molar-refractivity contribution in [3.05, 3.63) is 29.8 Å². The molecule has 0 aromatic heterocycles. The predicted octanol–water partition coefficient (Wildman–Crippen LogP) is 3.01. The number of hydrogen-bond acceptors (Lipinski definition) is 2. The molecule has 0 aliphatic carbocycles. The molecule has 0 amide bonds. The molecule has 84 valence electrons. The van der Waals surface area contributed by atoms with E-state index in [2.05, 4.69) is 19.1 Å². The lowest BCUT2D eigenvalue weighted by Gasteiger charge is -2.38. The lowest BCUT2D eigenvalue weighted by atomic mass is 9.81. The van der Waals surface area contributed by atoms with Gasteiger partial charge >= 0.3 is 0 Å². The standard InChI is InChI=1S/C11H14O2.C2H6/c1-11(7-13-8-11)9-3-5-10(12-2)6-4-9;1-2/h3-6H,7-8H2,1-2H3;1-2H3. The summed E-state index contributed by atoms with van der Waals surface area (Å²) in [6, 6.07) is 8.22.